The lowest BCUT2D eigenvalue weighted by Gasteiger charge is -2.24. The highest BCUT2D eigenvalue weighted by molar-refractivity contribution is 8.01. The molecule has 168 valence electrons. The number of hydrogen-bond donors (Lipinski definition) is 1. The van der Waals surface area contributed by atoms with Crippen molar-refractivity contribution in [1.82, 2.24) is 0 Å². The summed E-state index contributed by atoms with van der Waals surface area (Å²) in [5.74, 6) is 0.374. The van der Waals surface area contributed by atoms with Crippen molar-refractivity contribution in [3.8, 4) is 0 Å². The van der Waals surface area contributed by atoms with E-state index in [-0.39, 0.29) is 0 Å². The number of hydrogen-bond acceptors (Lipinski definition) is 2. The van der Waals surface area contributed by atoms with Gasteiger partial charge in [-0.1, -0.05) is 123 Å². The number of carboxylic acids is 1. The van der Waals surface area contributed by atoms with E-state index in [1.165, 1.54) is 103 Å². The molecule has 2 nitrogen and oxygen atoms in total. The number of thioether (sulfide) groups is 1. The van der Waals surface area contributed by atoms with Crippen LogP contribution >= 0.6 is 11.8 Å². The van der Waals surface area contributed by atoms with Gasteiger partial charge in [0.1, 0.15) is 4.75 Å². The minimum atomic E-state index is -0.619. The van der Waals surface area contributed by atoms with Crippen molar-refractivity contribution >= 4 is 17.7 Å². The summed E-state index contributed by atoms with van der Waals surface area (Å²) in [6, 6.07) is 0. The lowest BCUT2D eigenvalue weighted by atomic mass is 10.0. The van der Waals surface area contributed by atoms with Gasteiger partial charge in [0.25, 0.3) is 0 Å². The molecule has 0 aliphatic rings. The number of unbranched alkanes of at least 4 members (excludes halogenated alkanes) is 16. The predicted molar refractivity (Wildman–Crippen MR) is 128 cm³/mol. The van der Waals surface area contributed by atoms with E-state index in [2.05, 4.69) is 13.8 Å². The van der Waals surface area contributed by atoms with Gasteiger partial charge in [0, 0.05) is 0 Å². The van der Waals surface area contributed by atoms with Crippen LogP contribution in [0.4, 0.5) is 0 Å². The van der Waals surface area contributed by atoms with E-state index in [1.807, 2.05) is 6.92 Å². The smallest absolute Gasteiger partial charge is 0.319 e. The van der Waals surface area contributed by atoms with Gasteiger partial charge in [0.05, 0.1) is 0 Å². The summed E-state index contributed by atoms with van der Waals surface area (Å²) >= 11 is 1.68. The maximum atomic E-state index is 11.7. The largest absolute Gasteiger partial charge is 0.480 e. The van der Waals surface area contributed by atoms with Crippen LogP contribution < -0.4 is 0 Å². The van der Waals surface area contributed by atoms with Gasteiger partial charge in [0.15, 0.2) is 0 Å². The first-order valence-electron chi connectivity index (χ1n) is 12.4. The van der Waals surface area contributed by atoms with Crippen molar-refractivity contribution in [1.29, 1.82) is 0 Å². The topological polar surface area (TPSA) is 37.3 Å². The summed E-state index contributed by atoms with van der Waals surface area (Å²) in [6.07, 6.45) is 24.4. The van der Waals surface area contributed by atoms with Gasteiger partial charge in [-0.25, -0.2) is 0 Å². The summed E-state index contributed by atoms with van der Waals surface area (Å²) in [5, 5.41) is 9.66. The van der Waals surface area contributed by atoms with Crippen molar-refractivity contribution in [2.75, 3.05) is 5.75 Å². The number of aliphatic carboxylic acids is 1. The van der Waals surface area contributed by atoms with Gasteiger partial charge >= 0.3 is 5.97 Å². The van der Waals surface area contributed by atoms with E-state index in [1.54, 1.807) is 11.8 Å². The summed E-state index contributed by atoms with van der Waals surface area (Å²) in [6.45, 7) is 6.45. The summed E-state index contributed by atoms with van der Waals surface area (Å²) in [4.78, 5) is 11.7. The molecule has 0 heterocycles. The molecule has 0 fully saturated rings. The zero-order valence-corrected chi connectivity index (χ0v) is 20.2. The number of carboxylic acid groups (broad SMARTS) is 1. The van der Waals surface area contributed by atoms with Crippen LogP contribution in [0.2, 0.25) is 0 Å². The zero-order valence-electron chi connectivity index (χ0n) is 19.4. The van der Waals surface area contributed by atoms with Crippen LogP contribution in [0, 0.1) is 0 Å². The maximum Gasteiger partial charge on any atom is 0.319 e. The molecule has 0 saturated heterocycles. The van der Waals surface area contributed by atoms with Crippen LogP contribution in [-0.2, 0) is 4.79 Å². The minimum Gasteiger partial charge on any atom is -0.480 e. The van der Waals surface area contributed by atoms with Gasteiger partial charge in [-0.05, 0) is 25.5 Å². The molecule has 0 aromatic heterocycles. The van der Waals surface area contributed by atoms with Crippen molar-refractivity contribution in [2.24, 2.45) is 0 Å². The summed E-state index contributed by atoms with van der Waals surface area (Å²) in [7, 11) is 0. The molecular weight excluding hydrogens is 364 g/mol. The van der Waals surface area contributed by atoms with Crippen molar-refractivity contribution in [3.05, 3.63) is 0 Å². The molecule has 0 aromatic rings. The highest BCUT2D eigenvalue weighted by atomic mass is 32.2. The monoisotopic (exact) mass is 414 g/mol. The van der Waals surface area contributed by atoms with Crippen LogP contribution in [0.1, 0.15) is 143 Å². The molecule has 1 N–H and O–H groups in total. The lowest BCUT2D eigenvalue weighted by Crippen LogP contribution is -2.31. The summed E-state index contributed by atoms with van der Waals surface area (Å²) < 4.78 is -0.581. The second-order valence-electron chi connectivity index (χ2n) is 8.79. The van der Waals surface area contributed by atoms with Gasteiger partial charge in [0.2, 0.25) is 0 Å². The molecule has 0 spiro atoms. The average Bonchev–Trinajstić information content (AvgIpc) is 2.68. The molecule has 3 heteroatoms. The van der Waals surface area contributed by atoms with Crippen LogP contribution in [0.3, 0.4) is 0 Å². The highest BCUT2D eigenvalue weighted by Crippen LogP contribution is 2.32. The van der Waals surface area contributed by atoms with Gasteiger partial charge in [-0.3, -0.25) is 4.79 Å². The van der Waals surface area contributed by atoms with Crippen molar-refractivity contribution < 1.29 is 9.90 Å². The van der Waals surface area contributed by atoms with E-state index in [0.717, 1.165) is 25.0 Å². The molecular formula is C25H50O2S. The van der Waals surface area contributed by atoms with Crippen LogP contribution in [0.5, 0.6) is 0 Å². The van der Waals surface area contributed by atoms with Crippen molar-refractivity contribution in [2.45, 2.75) is 148 Å². The first-order valence-corrected chi connectivity index (χ1v) is 13.4. The van der Waals surface area contributed by atoms with Gasteiger partial charge in [-0.15, -0.1) is 11.8 Å². The fourth-order valence-electron chi connectivity index (χ4n) is 3.72. The minimum absolute atomic E-state index is 0.581. The molecule has 28 heavy (non-hydrogen) atoms. The molecule has 0 aromatic carbocycles. The molecule has 0 aliphatic heterocycles. The molecule has 1 unspecified atom stereocenters. The molecule has 0 amide bonds. The molecule has 1 atom stereocenters. The van der Waals surface area contributed by atoms with Gasteiger partial charge < -0.3 is 5.11 Å². The lowest BCUT2D eigenvalue weighted by molar-refractivity contribution is -0.139. The Labute approximate surface area is 181 Å². The standard InChI is InChI=1S/C25H50O2S/c1-4-6-8-10-12-13-14-15-16-17-18-20-22-25(3,24(26)27)28-23-21-19-11-9-7-5-2/h4-23H2,1-3H3,(H,26,27). The maximum absolute atomic E-state index is 11.7. The highest BCUT2D eigenvalue weighted by Gasteiger charge is 2.32. The Morgan fingerprint density at radius 3 is 1.39 bits per heavy atom. The normalized spacial score (nSPS) is 13.5. The fourth-order valence-corrected chi connectivity index (χ4v) is 4.94. The Morgan fingerprint density at radius 2 is 1.00 bits per heavy atom. The SMILES string of the molecule is CCCCCCCCCCCCCCC(C)(SCCCCCCCC)C(=O)O. The van der Waals surface area contributed by atoms with E-state index >= 15 is 0 Å². The van der Waals surface area contributed by atoms with E-state index < -0.39 is 10.7 Å². The third-order valence-electron chi connectivity index (χ3n) is 5.88. The Kier molecular flexibility index (Phi) is 20.0. The second-order valence-corrected chi connectivity index (χ2v) is 10.4. The van der Waals surface area contributed by atoms with Crippen LogP contribution in [0.25, 0.3) is 0 Å². The second kappa shape index (κ2) is 20.1. The Hall–Kier alpha value is -0.180. The van der Waals surface area contributed by atoms with Crippen LogP contribution in [0.15, 0.2) is 0 Å². The third kappa shape index (κ3) is 16.7. The number of carbonyl (C=O) groups is 1. The third-order valence-corrected chi connectivity index (χ3v) is 7.39. The van der Waals surface area contributed by atoms with E-state index in [0.29, 0.717) is 0 Å². The summed E-state index contributed by atoms with van der Waals surface area (Å²) in [5.41, 5.74) is 0. The number of rotatable bonds is 22. The van der Waals surface area contributed by atoms with E-state index in [9.17, 15) is 9.90 Å². The quantitative estimate of drug-likeness (QED) is 0.179. The predicted octanol–water partition coefficient (Wildman–Crippen LogP) is 9.01. The Balaban J connectivity index is 3.62. The van der Waals surface area contributed by atoms with Crippen LogP contribution in [-0.4, -0.2) is 21.6 Å². The zero-order chi connectivity index (χ0) is 20.9. The molecule has 0 saturated carbocycles. The molecule has 0 radical (unpaired) electrons. The van der Waals surface area contributed by atoms with E-state index in [4.69, 9.17) is 0 Å². The Bertz CT molecular complexity index is 345. The van der Waals surface area contributed by atoms with Gasteiger partial charge in [-0.2, -0.15) is 0 Å². The Morgan fingerprint density at radius 1 is 0.643 bits per heavy atom. The first-order chi connectivity index (χ1) is 13.6. The molecule has 0 aliphatic carbocycles. The van der Waals surface area contributed by atoms with Crippen molar-refractivity contribution in [3.63, 3.8) is 0 Å². The fraction of sp³-hybridized carbons (Fsp3) is 0.960. The molecule has 0 rings (SSSR count). The first kappa shape index (κ1) is 27.8. The molecule has 0 bridgehead atoms. The average molecular weight is 415 g/mol.